The van der Waals surface area contributed by atoms with Crippen molar-refractivity contribution in [2.75, 3.05) is 0 Å². The van der Waals surface area contributed by atoms with Crippen LogP contribution in [0.2, 0.25) is 19.6 Å². The van der Waals surface area contributed by atoms with Crippen molar-refractivity contribution in [1.29, 1.82) is 0 Å². The van der Waals surface area contributed by atoms with Gasteiger partial charge in [-0.2, -0.15) is 0 Å². The summed E-state index contributed by atoms with van der Waals surface area (Å²) >= 11 is 0. The van der Waals surface area contributed by atoms with E-state index in [1.54, 1.807) is 0 Å². The summed E-state index contributed by atoms with van der Waals surface area (Å²) in [6, 6.07) is 0. The van der Waals surface area contributed by atoms with Crippen molar-refractivity contribution >= 4 is 14.0 Å². The summed E-state index contributed by atoms with van der Waals surface area (Å²) in [7, 11) is -1.16. The van der Waals surface area contributed by atoms with Crippen LogP contribution in [-0.4, -0.2) is 20.1 Å². The zero-order valence-electron chi connectivity index (χ0n) is 9.26. The van der Waals surface area contributed by atoms with E-state index in [4.69, 9.17) is 4.74 Å². The van der Waals surface area contributed by atoms with Crippen LogP contribution in [0.25, 0.3) is 0 Å². The average molecular weight is 200 g/mol. The van der Waals surface area contributed by atoms with Gasteiger partial charge in [0, 0.05) is 6.92 Å². The Kier molecular flexibility index (Phi) is 4.99. The number of rotatable bonds is 4. The number of carbonyl (C=O) groups is 1. The van der Waals surface area contributed by atoms with Gasteiger partial charge in [0.15, 0.2) is 0 Å². The standard InChI is InChI=1S/C10H20O2Si/c1-6-10(12-9(2)11)7-8-13(3,4)5/h7-8,10H,6H2,1-5H3/b8-7-. The van der Waals surface area contributed by atoms with E-state index in [1.807, 2.05) is 13.0 Å². The lowest BCUT2D eigenvalue weighted by atomic mass is 10.3. The summed E-state index contributed by atoms with van der Waals surface area (Å²) in [6.45, 7) is 10.2. The number of hydrogen-bond donors (Lipinski definition) is 0. The molecule has 0 aromatic carbocycles. The van der Waals surface area contributed by atoms with Gasteiger partial charge in [-0.15, -0.1) is 0 Å². The molecule has 0 fully saturated rings. The molecule has 0 aromatic heterocycles. The van der Waals surface area contributed by atoms with Gasteiger partial charge in [-0.3, -0.25) is 4.79 Å². The van der Waals surface area contributed by atoms with Gasteiger partial charge in [0.2, 0.25) is 0 Å². The van der Waals surface area contributed by atoms with E-state index >= 15 is 0 Å². The second-order valence-corrected chi connectivity index (χ2v) is 9.35. The highest BCUT2D eigenvalue weighted by atomic mass is 28.3. The smallest absolute Gasteiger partial charge is 0.303 e. The minimum atomic E-state index is -1.16. The van der Waals surface area contributed by atoms with Crippen LogP contribution in [0.3, 0.4) is 0 Å². The van der Waals surface area contributed by atoms with Gasteiger partial charge in [0.1, 0.15) is 6.10 Å². The molecule has 0 bridgehead atoms. The summed E-state index contributed by atoms with van der Waals surface area (Å²) in [5, 5.41) is 0. The van der Waals surface area contributed by atoms with Gasteiger partial charge in [0.05, 0.1) is 8.07 Å². The van der Waals surface area contributed by atoms with Crippen molar-refractivity contribution in [3.8, 4) is 0 Å². The molecule has 3 heteroatoms. The molecule has 0 N–H and O–H groups in total. The second-order valence-electron chi connectivity index (χ2n) is 4.28. The molecule has 0 radical (unpaired) electrons. The molecule has 0 aliphatic carbocycles. The molecule has 2 nitrogen and oxygen atoms in total. The van der Waals surface area contributed by atoms with Crippen molar-refractivity contribution in [3.63, 3.8) is 0 Å². The fraction of sp³-hybridized carbons (Fsp3) is 0.700. The molecule has 1 unspecified atom stereocenters. The van der Waals surface area contributed by atoms with Crippen LogP contribution < -0.4 is 0 Å². The fourth-order valence-electron chi connectivity index (χ4n) is 0.868. The number of hydrogen-bond acceptors (Lipinski definition) is 2. The van der Waals surface area contributed by atoms with E-state index in [0.29, 0.717) is 0 Å². The highest BCUT2D eigenvalue weighted by Crippen LogP contribution is 2.06. The van der Waals surface area contributed by atoms with Gasteiger partial charge in [-0.25, -0.2) is 0 Å². The van der Waals surface area contributed by atoms with Crippen LogP contribution in [0.15, 0.2) is 11.8 Å². The molecule has 1 atom stereocenters. The zero-order valence-corrected chi connectivity index (χ0v) is 10.3. The van der Waals surface area contributed by atoms with E-state index in [-0.39, 0.29) is 12.1 Å². The predicted octanol–water partition coefficient (Wildman–Crippen LogP) is 2.76. The second kappa shape index (κ2) is 5.22. The van der Waals surface area contributed by atoms with E-state index in [0.717, 1.165) is 6.42 Å². The minimum Gasteiger partial charge on any atom is -0.458 e. The number of esters is 1. The van der Waals surface area contributed by atoms with Crippen LogP contribution in [0.4, 0.5) is 0 Å². The van der Waals surface area contributed by atoms with Crippen molar-refractivity contribution in [2.45, 2.75) is 46.0 Å². The van der Waals surface area contributed by atoms with E-state index in [2.05, 4.69) is 25.3 Å². The maximum atomic E-state index is 10.7. The average Bonchev–Trinajstić information content (AvgIpc) is 1.95. The molecule has 0 saturated heterocycles. The van der Waals surface area contributed by atoms with E-state index in [1.165, 1.54) is 6.92 Å². The summed E-state index contributed by atoms with van der Waals surface area (Å²) in [5.74, 6) is -0.202. The normalized spacial score (nSPS) is 14.5. The quantitative estimate of drug-likeness (QED) is 0.515. The lowest BCUT2D eigenvalue weighted by molar-refractivity contribution is -0.144. The van der Waals surface area contributed by atoms with E-state index in [9.17, 15) is 4.79 Å². The number of carbonyl (C=O) groups excluding carboxylic acids is 1. The van der Waals surface area contributed by atoms with Gasteiger partial charge < -0.3 is 4.74 Å². The largest absolute Gasteiger partial charge is 0.458 e. The first-order valence-corrected chi connectivity index (χ1v) is 8.29. The molecule has 0 saturated carbocycles. The van der Waals surface area contributed by atoms with Crippen LogP contribution in [-0.2, 0) is 9.53 Å². The monoisotopic (exact) mass is 200 g/mol. The summed E-state index contributed by atoms with van der Waals surface area (Å²) in [4.78, 5) is 10.7. The first kappa shape index (κ1) is 12.4. The van der Waals surface area contributed by atoms with Crippen molar-refractivity contribution < 1.29 is 9.53 Å². The first-order chi connectivity index (χ1) is 5.85. The van der Waals surface area contributed by atoms with Crippen LogP contribution in [0.5, 0.6) is 0 Å². The van der Waals surface area contributed by atoms with Gasteiger partial charge in [-0.05, 0) is 6.42 Å². The lowest BCUT2D eigenvalue weighted by Gasteiger charge is -2.13. The molecule has 0 spiro atoms. The Balaban J connectivity index is 4.12. The minimum absolute atomic E-state index is 0.0378. The third kappa shape index (κ3) is 7.78. The molecule has 0 heterocycles. The van der Waals surface area contributed by atoms with Gasteiger partial charge >= 0.3 is 5.97 Å². The Morgan fingerprint density at radius 3 is 2.31 bits per heavy atom. The topological polar surface area (TPSA) is 26.3 Å². The molecule has 0 amide bonds. The maximum Gasteiger partial charge on any atom is 0.303 e. The predicted molar refractivity (Wildman–Crippen MR) is 58.3 cm³/mol. The van der Waals surface area contributed by atoms with Crippen LogP contribution >= 0.6 is 0 Å². The van der Waals surface area contributed by atoms with E-state index < -0.39 is 8.07 Å². The molecule has 0 aromatic rings. The molecule has 13 heavy (non-hydrogen) atoms. The summed E-state index contributed by atoms with van der Waals surface area (Å²) in [5.41, 5.74) is 2.21. The Bertz CT molecular complexity index is 192. The third-order valence-corrected chi connectivity index (χ3v) is 2.72. The molecular formula is C10H20O2Si. The Hall–Kier alpha value is -0.573. The lowest BCUT2D eigenvalue weighted by Crippen LogP contribution is -2.19. The number of ether oxygens (including phenoxy) is 1. The molecular weight excluding hydrogens is 180 g/mol. The van der Waals surface area contributed by atoms with Crippen LogP contribution in [0.1, 0.15) is 20.3 Å². The Morgan fingerprint density at radius 2 is 2.00 bits per heavy atom. The summed E-state index contributed by atoms with van der Waals surface area (Å²) < 4.78 is 5.09. The Labute approximate surface area is 82.0 Å². The molecule has 76 valence electrons. The fourth-order valence-corrected chi connectivity index (χ4v) is 1.66. The van der Waals surface area contributed by atoms with Crippen molar-refractivity contribution in [3.05, 3.63) is 11.8 Å². The van der Waals surface area contributed by atoms with Crippen molar-refractivity contribution in [2.24, 2.45) is 0 Å². The van der Waals surface area contributed by atoms with Crippen molar-refractivity contribution in [1.82, 2.24) is 0 Å². The molecule has 0 rings (SSSR count). The Morgan fingerprint density at radius 1 is 1.46 bits per heavy atom. The highest BCUT2D eigenvalue weighted by Gasteiger charge is 2.10. The summed E-state index contributed by atoms with van der Waals surface area (Å²) in [6.07, 6.45) is 2.83. The van der Waals surface area contributed by atoms with Gasteiger partial charge in [0.25, 0.3) is 0 Å². The third-order valence-electron chi connectivity index (χ3n) is 1.53. The first-order valence-electron chi connectivity index (χ1n) is 4.71. The van der Waals surface area contributed by atoms with Crippen LogP contribution in [0, 0.1) is 0 Å². The zero-order chi connectivity index (χ0) is 10.5. The SMILES string of the molecule is CCC(/C=C\[Si](C)(C)C)OC(C)=O. The highest BCUT2D eigenvalue weighted by molar-refractivity contribution is 6.80. The maximum absolute atomic E-state index is 10.7. The molecule has 0 aliphatic rings. The molecule has 0 aliphatic heterocycles. The van der Waals surface area contributed by atoms with Gasteiger partial charge in [-0.1, -0.05) is 38.3 Å².